The van der Waals surface area contributed by atoms with Gasteiger partial charge in [-0.1, -0.05) is 6.08 Å². The summed E-state index contributed by atoms with van der Waals surface area (Å²) in [5.41, 5.74) is 0.976. The van der Waals surface area contributed by atoms with Crippen molar-refractivity contribution in [1.82, 2.24) is 9.88 Å². The Morgan fingerprint density at radius 1 is 1.45 bits per heavy atom. The van der Waals surface area contributed by atoms with Crippen LogP contribution in [0.4, 0.5) is 4.79 Å². The fourth-order valence-electron chi connectivity index (χ4n) is 1.83. The van der Waals surface area contributed by atoms with Crippen LogP contribution in [0, 0.1) is 0 Å². The third-order valence-corrected chi connectivity index (χ3v) is 2.54. The first-order valence-corrected chi connectivity index (χ1v) is 6.53. The minimum atomic E-state index is -4.67. The molecule has 2 aliphatic rings. The summed E-state index contributed by atoms with van der Waals surface area (Å²) in [6.07, 6.45) is 5.02. The fraction of sp³-hybridized carbons (Fsp3) is 0.333. The predicted octanol–water partition coefficient (Wildman–Crippen LogP) is -2.40. The number of carbonyl (C=O) groups excluding carboxylic acids is 1. The first-order chi connectivity index (χ1) is 8.84. The van der Waals surface area contributed by atoms with Crippen molar-refractivity contribution in [1.29, 1.82) is 0 Å². The van der Waals surface area contributed by atoms with E-state index in [1.807, 2.05) is 6.08 Å². The second kappa shape index (κ2) is 6.70. The number of fused-ring (bicyclic) bond motifs is 2. The summed E-state index contributed by atoms with van der Waals surface area (Å²) in [5.74, 6) is 0.716. The van der Waals surface area contributed by atoms with Gasteiger partial charge in [-0.05, 0) is 24.7 Å². The summed E-state index contributed by atoms with van der Waals surface area (Å²) in [4.78, 5) is 16.8. The van der Waals surface area contributed by atoms with Crippen LogP contribution in [0.3, 0.4) is 0 Å². The molecule has 2 aliphatic heterocycles. The first kappa shape index (κ1) is 17.1. The number of amides is 2. The number of nitrogens with zero attached hydrogens (tertiary/aromatic N) is 3. The third kappa shape index (κ3) is 4.58. The van der Waals surface area contributed by atoms with Crippen LogP contribution in [0.25, 0.3) is 10.9 Å². The molecule has 1 atom stereocenters. The maximum Gasteiger partial charge on any atom is 1.00 e. The van der Waals surface area contributed by atoms with Crippen molar-refractivity contribution < 1.29 is 56.3 Å². The van der Waals surface area contributed by atoms with Gasteiger partial charge in [0.25, 0.3) is 0 Å². The molecule has 1 aromatic heterocycles. The second-order valence-corrected chi connectivity index (χ2v) is 4.70. The van der Waals surface area contributed by atoms with E-state index in [1.165, 1.54) is 6.39 Å². The van der Waals surface area contributed by atoms with Crippen molar-refractivity contribution in [3.63, 3.8) is 0 Å². The molecule has 1 fully saturated rings. The monoisotopic (exact) mass is 311 g/mol. The van der Waals surface area contributed by atoms with E-state index in [9.17, 15) is 4.79 Å². The number of carbonyl (C=O) groups is 1. The zero-order valence-electron chi connectivity index (χ0n) is 10.5. The predicted molar refractivity (Wildman–Crippen MR) is 62.8 cm³/mol. The Labute approximate surface area is 136 Å². The van der Waals surface area contributed by atoms with Crippen molar-refractivity contribution in [2.75, 3.05) is 13.1 Å². The van der Waals surface area contributed by atoms with E-state index in [0.29, 0.717) is 18.8 Å². The zero-order chi connectivity index (χ0) is 14.0. The van der Waals surface area contributed by atoms with Gasteiger partial charge in [0.05, 0.1) is 6.20 Å². The summed E-state index contributed by atoms with van der Waals surface area (Å²) >= 11 is 0. The molecule has 1 unspecified atom stereocenters. The smallest absolute Gasteiger partial charge is 0.444 e. The van der Waals surface area contributed by atoms with E-state index in [2.05, 4.69) is 10.3 Å². The van der Waals surface area contributed by atoms with Crippen molar-refractivity contribution in [2.45, 2.75) is 6.04 Å². The van der Waals surface area contributed by atoms with Crippen LogP contribution < -0.4 is 29.6 Å². The van der Waals surface area contributed by atoms with E-state index < -0.39 is 10.4 Å². The van der Waals surface area contributed by atoms with Crippen LogP contribution in [0.1, 0.15) is 5.76 Å². The summed E-state index contributed by atoms with van der Waals surface area (Å²) in [5, 5.41) is 4.02. The van der Waals surface area contributed by atoms with Crippen molar-refractivity contribution in [3.05, 3.63) is 29.7 Å². The number of hydrogen-bond donors (Lipinski definition) is 2. The normalized spacial score (nSPS) is 20.3. The first-order valence-electron chi connectivity index (χ1n) is 5.13. The average molecular weight is 311 g/mol. The van der Waals surface area contributed by atoms with Crippen LogP contribution in [0.5, 0.6) is 0 Å². The van der Waals surface area contributed by atoms with Gasteiger partial charge in [-0.15, -0.1) is 0 Å². The molecule has 3 heterocycles. The van der Waals surface area contributed by atoms with Crippen molar-refractivity contribution >= 4 is 22.0 Å². The van der Waals surface area contributed by atoms with Gasteiger partial charge in [-0.2, -0.15) is 8.42 Å². The largest absolute Gasteiger partial charge is 1.00 e. The molecule has 20 heavy (non-hydrogen) atoms. The number of oxazole rings is 1. The quantitative estimate of drug-likeness (QED) is 0.436. The van der Waals surface area contributed by atoms with Gasteiger partial charge in [0, 0.05) is 0 Å². The fourth-order valence-corrected chi connectivity index (χ4v) is 1.83. The zero-order valence-corrected chi connectivity index (χ0v) is 13.3. The SMILES string of the molecule is O=C1[N-]C2CN1CC=C2c1cnco1.O=S(=O)(O)O.[Na+]. The Morgan fingerprint density at radius 3 is 2.65 bits per heavy atom. The molecule has 2 bridgehead atoms. The van der Waals surface area contributed by atoms with Crippen LogP contribution in [-0.4, -0.2) is 52.6 Å². The van der Waals surface area contributed by atoms with Gasteiger partial charge < -0.3 is 14.6 Å². The maximum absolute atomic E-state index is 11.3. The molecule has 0 aromatic carbocycles. The Kier molecular flexibility index (Phi) is 5.74. The molecular formula is C9H10N3NaO6S. The molecule has 2 amide bonds. The van der Waals surface area contributed by atoms with E-state index in [0.717, 1.165) is 5.57 Å². The van der Waals surface area contributed by atoms with Crippen LogP contribution in [0.2, 0.25) is 0 Å². The van der Waals surface area contributed by atoms with Gasteiger partial charge in [-0.25, -0.2) is 4.98 Å². The maximum atomic E-state index is 11.3. The van der Waals surface area contributed by atoms with Gasteiger partial charge >= 0.3 is 40.0 Å². The van der Waals surface area contributed by atoms with E-state index in [1.54, 1.807) is 11.1 Å². The molecule has 3 rings (SSSR count). The molecule has 0 saturated carbocycles. The topological polar surface area (TPSA) is 135 Å². The molecule has 0 spiro atoms. The molecule has 0 aliphatic carbocycles. The minimum Gasteiger partial charge on any atom is -0.444 e. The summed E-state index contributed by atoms with van der Waals surface area (Å²) in [6.45, 7) is 1.29. The van der Waals surface area contributed by atoms with Crippen molar-refractivity contribution in [2.24, 2.45) is 0 Å². The van der Waals surface area contributed by atoms with Crippen molar-refractivity contribution in [3.8, 4) is 0 Å². The molecule has 104 valence electrons. The molecule has 0 radical (unpaired) electrons. The Morgan fingerprint density at radius 2 is 2.10 bits per heavy atom. The second-order valence-electron chi connectivity index (χ2n) is 3.81. The molecule has 11 heteroatoms. The van der Waals surface area contributed by atoms with Crippen LogP contribution in [-0.2, 0) is 10.4 Å². The summed E-state index contributed by atoms with van der Waals surface area (Å²) < 4.78 is 36.8. The Hall–Kier alpha value is -0.910. The van der Waals surface area contributed by atoms with E-state index >= 15 is 0 Å². The van der Waals surface area contributed by atoms with Gasteiger partial charge in [-0.3, -0.25) is 13.9 Å². The molecule has 9 nitrogen and oxygen atoms in total. The van der Waals surface area contributed by atoms with E-state index in [-0.39, 0.29) is 41.6 Å². The number of hydrogen-bond acceptors (Lipinski definition) is 5. The Balaban J connectivity index is 0.000000293. The standard InChI is InChI=1S/C9H9N3O2.Na.H2O4S/c13-9-11-7-4-12(9)2-1-6(7)8-3-10-5-14-8;;1-5(2,3)4/h1,3,5,7H,2,4H2,(H,11,13);;(H2,1,2,3,4)/q;+1;/p-1. The molecule has 2 N–H and O–H groups in total. The van der Waals surface area contributed by atoms with Crippen LogP contribution >= 0.6 is 0 Å². The number of urea groups is 1. The van der Waals surface area contributed by atoms with Crippen LogP contribution in [0.15, 0.2) is 23.1 Å². The summed E-state index contributed by atoms with van der Waals surface area (Å²) in [7, 11) is -4.67. The third-order valence-electron chi connectivity index (χ3n) is 2.54. The Bertz CT molecular complexity index is 591. The molecular weight excluding hydrogens is 301 g/mol. The molecule has 1 aromatic rings. The average Bonchev–Trinajstić information content (AvgIpc) is 2.88. The van der Waals surface area contributed by atoms with Gasteiger partial charge in [0.15, 0.2) is 12.4 Å². The summed E-state index contributed by atoms with van der Waals surface area (Å²) in [6, 6.07) is -0.190. The van der Waals surface area contributed by atoms with Gasteiger partial charge in [0.1, 0.15) is 5.76 Å². The number of aromatic nitrogens is 1. The minimum absolute atomic E-state index is 0. The molecule has 1 saturated heterocycles. The van der Waals surface area contributed by atoms with Gasteiger partial charge in [0.2, 0.25) is 0 Å². The van der Waals surface area contributed by atoms with E-state index in [4.69, 9.17) is 21.9 Å². The number of rotatable bonds is 1.